The van der Waals surface area contributed by atoms with E-state index in [1.807, 2.05) is 0 Å². The van der Waals surface area contributed by atoms with Crippen LogP contribution in [0.3, 0.4) is 0 Å². The number of ether oxygens (including phenoxy) is 18. The first-order valence-corrected chi connectivity index (χ1v) is 44.9. The lowest BCUT2D eigenvalue weighted by Crippen LogP contribution is -2.69. The van der Waals surface area contributed by atoms with Crippen LogP contribution in [-0.4, -0.2) is 412 Å². The highest BCUT2D eigenvalue weighted by Crippen LogP contribution is 2.76. The van der Waals surface area contributed by atoms with E-state index in [1.165, 1.54) is 32.9 Å². The molecule has 13 rings (SSSR count). The van der Waals surface area contributed by atoms with E-state index in [2.05, 4.69) is 66.4 Å². The quantitative estimate of drug-likeness (QED) is 0.0114. The van der Waals surface area contributed by atoms with Gasteiger partial charge in [0.15, 0.2) is 56.2 Å². The lowest BCUT2D eigenvalue weighted by Gasteiger charge is -2.72. The number of nitrogens with one attached hydrogen (secondary N) is 1. The number of carbonyl (C=O) groups excluding carboxylic acids is 4. The highest BCUT2D eigenvalue weighted by molar-refractivity contribution is 5.88. The van der Waals surface area contributed by atoms with Gasteiger partial charge >= 0.3 is 17.9 Å². The summed E-state index contributed by atoms with van der Waals surface area (Å²) in [6.45, 7) is 17.3. The first kappa shape index (κ1) is 103. The molecule has 0 bridgehead atoms. The lowest BCUT2D eigenvalue weighted by molar-refractivity contribution is -0.377. The van der Waals surface area contributed by atoms with Gasteiger partial charge in [0.1, 0.15) is 158 Å². The molecule has 8 heterocycles. The Kier molecular flexibility index (Phi) is 31.9. The van der Waals surface area contributed by atoms with Gasteiger partial charge in [0.25, 0.3) is 0 Å². The normalized spacial score (nSPS) is 48.9. The molecule has 1 unspecified atom stereocenters. The Bertz CT molecular complexity index is 3950. The van der Waals surface area contributed by atoms with Gasteiger partial charge in [-0.25, -0.2) is 4.79 Å². The summed E-state index contributed by atoms with van der Waals surface area (Å²) in [5.41, 5.74) is -7.64. The fraction of sp³-hybridized carbons (Fsp3) is 0.885. The summed E-state index contributed by atoms with van der Waals surface area (Å²) in [5.74, 6) is -4.58. The number of amides is 1. The van der Waals surface area contributed by atoms with E-state index in [9.17, 15) is 117 Å². The highest BCUT2D eigenvalue weighted by Gasteiger charge is 2.73. The van der Waals surface area contributed by atoms with Crippen LogP contribution in [0.4, 0.5) is 0 Å². The molecule has 43 nitrogen and oxygen atoms in total. The maximum absolute atomic E-state index is 16.4. The van der Waals surface area contributed by atoms with Gasteiger partial charge in [-0.2, -0.15) is 0 Å². The predicted octanol–water partition coefficient (Wildman–Crippen LogP) is -5.64. The van der Waals surface area contributed by atoms with Crippen molar-refractivity contribution in [3.05, 3.63) is 36.0 Å². The molecule has 4 saturated carbocycles. The summed E-state index contributed by atoms with van der Waals surface area (Å²) in [6, 6.07) is -1.49. The summed E-state index contributed by atoms with van der Waals surface area (Å²) < 4.78 is 109. The molecule has 13 aliphatic rings. The molecule has 44 atom stereocenters. The van der Waals surface area contributed by atoms with E-state index >= 15 is 4.79 Å². The molecule has 130 heavy (non-hydrogen) atoms. The third-order valence-corrected chi connectivity index (χ3v) is 30.8. The summed E-state index contributed by atoms with van der Waals surface area (Å²) in [7, 11) is 0. The first-order valence-electron chi connectivity index (χ1n) is 44.9. The average molecular weight is 1870 g/mol. The van der Waals surface area contributed by atoms with Gasteiger partial charge in [-0.05, 0) is 129 Å². The van der Waals surface area contributed by atoms with Crippen LogP contribution in [0.25, 0.3) is 0 Å². The number of carbonyl (C=O) groups is 4. The molecule has 8 saturated heterocycles. The lowest BCUT2D eigenvalue weighted by atomic mass is 9.33. The van der Waals surface area contributed by atoms with Crippen LogP contribution in [0.5, 0.6) is 0 Å². The topological polar surface area (TPSA) is 651 Å². The largest absolute Gasteiger partial charge is 0.463 e. The van der Waals surface area contributed by atoms with Crippen molar-refractivity contribution in [1.29, 1.82) is 0 Å². The van der Waals surface area contributed by atoms with E-state index in [0.717, 1.165) is 12.5 Å². The summed E-state index contributed by atoms with van der Waals surface area (Å²) >= 11 is 0. The van der Waals surface area contributed by atoms with Gasteiger partial charge in [0, 0.05) is 19.4 Å². The van der Waals surface area contributed by atoms with Gasteiger partial charge in [0.05, 0.1) is 70.7 Å². The fourth-order valence-electron chi connectivity index (χ4n) is 22.8. The fourth-order valence-corrected chi connectivity index (χ4v) is 22.8. The molecule has 0 aromatic heterocycles. The maximum Gasteiger partial charge on any atom is 0.333 e. The van der Waals surface area contributed by atoms with Crippen molar-refractivity contribution < 1.29 is 207 Å². The number of hydrogen-bond acceptors (Lipinski definition) is 42. The molecule has 742 valence electrons. The van der Waals surface area contributed by atoms with Gasteiger partial charge < -0.3 is 193 Å². The Morgan fingerprint density at radius 1 is 0.546 bits per heavy atom. The monoisotopic (exact) mass is 1870 g/mol. The van der Waals surface area contributed by atoms with Crippen molar-refractivity contribution >= 4 is 23.8 Å². The first-order chi connectivity index (χ1) is 60.9. The van der Waals surface area contributed by atoms with Crippen LogP contribution in [0, 0.1) is 50.2 Å². The minimum Gasteiger partial charge on any atom is -0.463 e. The van der Waals surface area contributed by atoms with Crippen LogP contribution in [0.2, 0.25) is 0 Å². The van der Waals surface area contributed by atoms with Crippen molar-refractivity contribution in [2.45, 2.75) is 373 Å². The van der Waals surface area contributed by atoms with Crippen molar-refractivity contribution in [1.82, 2.24) is 5.32 Å². The average Bonchev–Trinajstić information content (AvgIpc) is 0.799. The summed E-state index contributed by atoms with van der Waals surface area (Å²) in [5, 5.41) is 228. The van der Waals surface area contributed by atoms with Crippen molar-refractivity contribution in [3.63, 3.8) is 0 Å². The second-order valence-electron chi connectivity index (χ2n) is 40.3. The minimum atomic E-state index is -2.22. The number of aliphatic hydroxyl groups excluding tert-OH is 18. The highest BCUT2D eigenvalue weighted by atomic mass is 16.8. The molecule has 8 aliphatic heterocycles. The Morgan fingerprint density at radius 2 is 1.10 bits per heavy atom. The zero-order valence-electron chi connectivity index (χ0n) is 74.9. The molecule has 1 amide bonds. The molecule has 43 heteroatoms. The van der Waals surface area contributed by atoms with Crippen LogP contribution >= 0.6 is 0 Å². The van der Waals surface area contributed by atoms with Crippen LogP contribution < -0.4 is 5.32 Å². The number of fused-ring (bicyclic) bond motifs is 7. The molecule has 0 aromatic carbocycles. The maximum atomic E-state index is 16.4. The van der Waals surface area contributed by atoms with Gasteiger partial charge in [-0.3, -0.25) is 14.4 Å². The molecular weight excluding hydrogens is 1730 g/mol. The predicted molar refractivity (Wildman–Crippen MR) is 434 cm³/mol. The molecular formula is C87H137NO42. The molecule has 0 radical (unpaired) electrons. The van der Waals surface area contributed by atoms with Crippen molar-refractivity contribution in [2.24, 2.45) is 50.2 Å². The number of hydrogen-bond donors (Lipinski definition) is 21. The standard InChI is InChI=1S/C87H137NO42/c1-13-82(9,111)20-14-15-36(2)70(109)124-63-42(94)30-116-74(61(63)106)127-67-46(32-113-38(4)92)122-77(68(59(67)104)129-75-62(107)65(44(96)31-117-75)126-78-69(108)86(112,34-90)35-119-78)130-79(110)87-24-23-80(5,6)25-40(87)39-16-17-49-83(10)21-19-51(81(7,8)48(83)18-22-84(49,11)85(39,12)26-50(87)97)123-71-52(88-37(3)91)55(100)66(128-76-58(103)56(101)54(99)45(27-89)120-76)47(121-71)33-118-72-60(105)64(43(95)29-114-72)125-73-57(102)53(98)41(93)28-115-73/h13,15-16,40-69,71-78,89-90,93-108,111-112H,1,14,17-35H2,2-12H3,(H,88,91)/b36-15+/t40-,41+,42+,43-,44+,45+,46+,47+,48-,49+,50+,51-,52+,53-,54+,55+,56-,57+,58+,59-,60+,61+,62+,63-,64-,65-,66+,67+,68+,69-,71-,72-,73-,74-,75-,76-,77-,78-,82?,83-,84+,85+,86+,87+/m0/s1. The summed E-state index contributed by atoms with van der Waals surface area (Å²) in [6.07, 6.45) is -51.8. The Balaban J connectivity index is 0.772. The number of aliphatic hydroxyl groups is 20. The Labute approximate surface area is 751 Å². The smallest absolute Gasteiger partial charge is 0.333 e. The Hall–Kier alpha value is -4.30. The van der Waals surface area contributed by atoms with Crippen LogP contribution in [0.1, 0.15) is 147 Å². The van der Waals surface area contributed by atoms with Gasteiger partial charge in [-0.15, -0.1) is 6.58 Å². The molecule has 21 N–H and O–H groups in total. The minimum absolute atomic E-state index is 0.00753. The van der Waals surface area contributed by atoms with E-state index in [4.69, 9.17) is 85.3 Å². The van der Waals surface area contributed by atoms with Gasteiger partial charge in [-0.1, -0.05) is 72.3 Å². The SMILES string of the molecule is C=CC(C)(O)CC/C=C(\C)C(=O)O[C@@H]1[C@@H](O)[C@H](O[C@H]2[C@H](O)[C@@H](O[C@@H]3OC[C@@H](O)[C@H](O[C@@H]4OC[C@](O)(CO)[C@H]4O)[C@H]3O)[C@H](OC(=O)[C@]34CCC(C)(C)C[C@H]3C3=CC[C@@H]5[C@@]6(C)CC[C@H](O[C@@H]7O[C@H](CO[C@@H]8OC[C@H](O)[C@H](O[C@@H]9OC[C@@H](O)[C@H](O)[C@H]9O)[C@H]8O)[C@@H](O[C@@H]8O[C@H](CO)[C@@H](O)[C@H](O)[C@H]8O)[C@H](O)[C@H]7NC(C)=O)C(C)(C)[C@@H]6CC[C@@]5(C)[C@]3(C)C[C@H]4O)O[C@@H]2COC(C)=O)OC[C@H]1O. The van der Waals surface area contributed by atoms with Gasteiger partial charge in [0.2, 0.25) is 12.2 Å². The zero-order chi connectivity index (χ0) is 95.1. The van der Waals surface area contributed by atoms with Crippen LogP contribution in [-0.2, 0) is 104 Å². The van der Waals surface area contributed by atoms with E-state index in [1.54, 1.807) is 0 Å². The number of allylic oxidation sites excluding steroid dienone is 3. The molecule has 12 fully saturated rings. The zero-order valence-corrected chi connectivity index (χ0v) is 74.9. The second-order valence-corrected chi connectivity index (χ2v) is 40.3. The van der Waals surface area contributed by atoms with E-state index in [0.29, 0.717) is 44.9 Å². The van der Waals surface area contributed by atoms with E-state index < -0.39 is 348 Å². The van der Waals surface area contributed by atoms with Crippen molar-refractivity contribution in [3.8, 4) is 0 Å². The second kappa shape index (κ2) is 40.3. The molecule has 5 aliphatic carbocycles. The third-order valence-electron chi connectivity index (χ3n) is 30.8. The third kappa shape index (κ3) is 19.9. The van der Waals surface area contributed by atoms with E-state index in [-0.39, 0.29) is 43.1 Å². The van der Waals surface area contributed by atoms with Crippen LogP contribution in [0.15, 0.2) is 36.0 Å². The molecule has 0 aromatic rings. The van der Waals surface area contributed by atoms with Crippen molar-refractivity contribution in [2.75, 3.05) is 59.5 Å². The molecule has 0 spiro atoms. The summed E-state index contributed by atoms with van der Waals surface area (Å²) in [4.78, 5) is 56.2. The number of rotatable bonds is 28. The Morgan fingerprint density at radius 3 is 1.72 bits per heavy atom. The number of esters is 3.